The molecule has 0 unspecified atom stereocenters. The third-order valence-corrected chi connectivity index (χ3v) is 4.87. The van der Waals surface area contributed by atoms with Crippen LogP contribution in [0.3, 0.4) is 0 Å². The number of anilines is 1. The molecule has 3 rings (SSSR count). The highest BCUT2D eigenvalue weighted by atomic mass is 32.2. The number of carbonyl (C=O) groups is 1. The molecule has 0 heterocycles. The number of para-hydroxylation sites is 1. The van der Waals surface area contributed by atoms with Gasteiger partial charge in [0.1, 0.15) is 17.1 Å². The molecular weight excluding hydrogens is 442 g/mol. The van der Waals surface area contributed by atoms with Crippen molar-refractivity contribution in [2.45, 2.75) is 26.4 Å². The second-order valence-electron chi connectivity index (χ2n) is 7.97. The lowest BCUT2D eigenvalue weighted by molar-refractivity contribution is -0.301. The van der Waals surface area contributed by atoms with Crippen molar-refractivity contribution in [3.63, 3.8) is 0 Å². The van der Waals surface area contributed by atoms with Gasteiger partial charge >= 0.3 is 5.97 Å². The summed E-state index contributed by atoms with van der Waals surface area (Å²) in [7, 11) is -3.14. The molecule has 8 heteroatoms. The Hall–Kier alpha value is -3.62. The first-order chi connectivity index (χ1) is 15.7. The lowest BCUT2D eigenvalue weighted by atomic mass is 10.1. The molecule has 0 saturated heterocycles. The minimum atomic E-state index is -3.14. The fraction of sp³-hybridized carbons (Fsp3) is 0.160. The zero-order chi connectivity index (χ0) is 23.8. The molecule has 0 spiro atoms. The van der Waals surface area contributed by atoms with Gasteiger partial charge in [0.15, 0.2) is 0 Å². The zero-order valence-electron chi connectivity index (χ0n) is 18.5. The maximum absolute atomic E-state index is 12.7. The predicted octanol–water partition coefficient (Wildman–Crippen LogP) is 5.37. The van der Waals surface area contributed by atoms with Gasteiger partial charge in [0.2, 0.25) is 10.9 Å². The fourth-order valence-electron chi connectivity index (χ4n) is 2.71. The number of benzene rings is 3. The quantitative estimate of drug-likeness (QED) is 0.273. The van der Waals surface area contributed by atoms with E-state index in [4.69, 9.17) is 14.5 Å². The van der Waals surface area contributed by atoms with Crippen molar-refractivity contribution in [1.29, 1.82) is 0 Å². The molecule has 0 saturated carbocycles. The van der Waals surface area contributed by atoms with E-state index >= 15 is 0 Å². The zero-order valence-corrected chi connectivity index (χ0v) is 19.4. The Kier molecular flexibility index (Phi) is 7.87. The van der Waals surface area contributed by atoms with Gasteiger partial charge in [-0.3, -0.25) is 4.89 Å². The molecule has 0 radical (unpaired) electrons. The second kappa shape index (κ2) is 10.8. The average molecular weight is 468 g/mol. The summed E-state index contributed by atoms with van der Waals surface area (Å²) in [6.45, 7) is 5.17. The van der Waals surface area contributed by atoms with E-state index in [1.807, 2.05) is 48.5 Å². The van der Waals surface area contributed by atoms with Crippen LogP contribution in [-0.4, -0.2) is 20.0 Å². The van der Waals surface area contributed by atoms with E-state index in [2.05, 4.69) is 0 Å². The lowest BCUT2D eigenvalue weighted by Crippen LogP contribution is -2.23. The second-order valence-corrected chi connectivity index (χ2v) is 8.88. The predicted molar refractivity (Wildman–Crippen MR) is 127 cm³/mol. The minimum Gasteiger partial charge on any atom is -0.457 e. The van der Waals surface area contributed by atoms with Crippen molar-refractivity contribution < 1.29 is 27.7 Å². The van der Waals surface area contributed by atoms with E-state index in [-0.39, 0.29) is 11.3 Å². The molecule has 0 aliphatic heterocycles. The number of ether oxygens (including phenoxy) is 1. The monoisotopic (exact) mass is 467 g/mol. The molecule has 0 aliphatic rings. The van der Waals surface area contributed by atoms with Gasteiger partial charge in [0.05, 0.1) is 11.3 Å². The summed E-state index contributed by atoms with van der Waals surface area (Å²) >= 11 is 0. The molecule has 7 nitrogen and oxygen atoms in total. The summed E-state index contributed by atoms with van der Waals surface area (Å²) < 4.78 is 31.1. The molecule has 172 valence electrons. The lowest BCUT2D eigenvalue weighted by Gasteiger charge is -2.20. The maximum atomic E-state index is 12.7. The maximum Gasteiger partial charge on any atom is 0.375 e. The SMILES string of the molecule is CC(C)(C)OOC(=O)c1ccc(Oc2ccccc2)cc1N(/C=C/c1ccccc1)[SH](=O)=O. The molecule has 0 aliphatic carbocycles. The van der Waals surface area contributed by atoms with Crippen LogP contribution in [0.5, 0.6) is 11.5 Å². The van der Waals surface area contributed by atoms with Crippen LogP contribution in [0, 0.1) is 0 Å². The largest absolute Gasteiger partial charge is 0.457 e. The summed E-state index contributed by atoms with van der Waals surface area (Å²) in [6, 6.07) is 22.6. The number of rotatable bonds is 8. The van der Waals surface area contributed by atoms with Crippen molar-refractivity contribution >= 4 is 28.6 Å². The van der Waals surface area contributed by atoms with Crippen LogP contribution in [0.4, 0.5) is 5.69 Å². The first kappa shape index (κ1) is 24.0. The molecular formula is C25H25NO6S. The van der Waals surface area contributed by atoms with E-state index in [9.17, 15) is 13.2 Å². The van der Waals surface area contributed by atoms with E-state index < -0.39 is 22.5 Å². The van der Waals surface area contributed by atoms with Gasteiger partial charge in [-0.2, -0.15) is 4.89 Å². The third kappa shape index (κ3) is 7.20. The molecule has 0 fully saturated rings. The highest BCUT2D eigenvalue weighted by Crippen LogP contribution is 2.31. The van der Waals surface area contributed by atoms with E-state index in [1.54, 1.807) is 45.0 Å². The van der Waals surface area contributed by atoms with Gasteiger partial charge in [-0.15, -0.1) is 0 Å². The smallest absolute Gasteiger partial charge is 0.375 e. The number of thiol groups is 1. The van der Waals surface area contributed by atoms with Crippen LogP contribution < -0.4 is 9.04 Å². The van der Waals surface area contributed by atoms with Gasteiger partial charge in [-0.05, 0) is 56.7 Å². The van der Waals surface area contributed by atoms with Crippen LogP contribution in [0.15, 0.2) is 85.1 Å². The Bertz CT molecular complexity index is 1180. The van der Waals surface area contributed by atoms with E-state index in [1.165, 1.54) is 18.3 Å². The van der Waals surface area contributed by atoms with Gasteiger partial charge in [-0.1, -0.05) is 48.5 Å². The summed E-state index contributed by atoms with van der Waals surface area (Å²) in [4.78, 5) is 22.8. The highest BCUT2D eigenvalue weighted by Gasteiger charge is 2.23. The first-order valence-electron chi connectivity index (χ1n) is 10.2. The van der Waals surface area contributed by atoms with Crippen molar-refractivity contribution in [2.75, 3.05) is 4.31 Å². The molecule has 33 heavy (non-hydrogen) atoms. The van der Waals surface area contributed by atoms with Crippen LogP contribution in [0.2, 0.25) is 0 Å². The summed E-state index contributed by atoms with van der Waals surface area (Å²) in [6.07, 6.45) is 2.99. The van der Waals surface area contributed by atoms with Crippen molar-refractivity contribution in [1.82, 2.24) is 0 Å². The minimum absolute atomic E-state index is 0.00317. The molecule has 0 N–H and O–H groups in total. The Balaban J connectivity index is 2.01. The highest BCUT2D eigenvalue weighted by molar-refractivity contribution is 7.74. The van der Waals surface area contributed by atoms with Crippen molar-refractivity contribution in [2.24, 2.45) is 0 Å². The topological polar surface area (TPSA) is 82.1 Å². The third-order valence-electron chi connectivity index (χ3n) is 4.17. The summed E-state index contributed by atoms with van der Waals surface area (Å²) in [5.74, 6) is 0.0772. The summed E-state index contributed by atoms with van der Waals surface area (Å²) in [5, 5.41) is 0. The number of hydrogen-bond donors (Lipinski definition) is 1. The van der Waals surface area contributed by atoms with Crippen LogP contribution in [-0.2, 0) is 20.7 Å². The van der Waals surface area contributed by atoms with E-state index in [0.717, 1.165) is 9.87 Å². The van der Waals surface area contributed by atoms with E-state index in [0.29, 0.717) is 11.5 Å². The Morgan fingerprint density at radius 2 is 1.52 bits per heavy atom. The van der Waals surface area contributed by atoms with Crippen LogP contribution >= 0.6 is 0 Å². The average Bonchev–Trinajstić information content (AvgIpc) is 2.78. The van der Waals surface area contributed by atoms with Gasteiger partial charge in [-0.25, -0.2) is 17.5 Å². The molecule has 0 bridgehead atoms. The Morgan fingerprint density at radius 3 is 2.12 bits per heavy atom. The normalized spacial score (nSPS) is 11.5. The van der Waals surface area contributed by atoms with Gasteiger partial charge < -0.3 is 4.74 Å². The standard InChI is InChI=1S/C25H25NO6S/c1-25(2,3)32-31-24(27)22-15-14-21(30-20-12-8-5-9-13-20)18-23(22)26(33(28)29)17-16-19-10-6-4-7-11-19/h4-18,33H,1-3H3/b17-16+. The first-order valence-corrected chi connectivity index (χ1v) is 11.3. The van der Waals surface area contributed by atoms with Crippen molar-refractivity contribution in [3.05, 3.63) is 96.2 Å². The number of carbonyl (C=O) groups excluding carboxylic acids is 1. The fourth-order valence-corrected chi connectivity index (χ4v) is 3.23. The van der Waals surface area contributed by atoms with Crippen LogP contribution in [0.25, 0.3) is 6.08 Å². The van der Waals surface area contributed by atoms with Gasteiger partial charge in [0, 0.05) is 12.3 Å². The Labute approximate surface area is 194 Å². The molecule has 3 aromatic rings. The molecule has 0 atom stereocenters. The molecule has 0 aromatic heterocycles. The Morgan fingerprint density at radius 1 is 0.879 bits per heavy atom. The molecule has 0 amide bonds. The van der Waals surface area contributed by atoms with Crippen LogP contribution in [0.1, 0.15) is 36.7 Å². The number of hydrogen-bond acceptors (Lipinski definition) is 6. The number of nitrogens with zero attached hydrogens (tertiary/aromatic N) is 1. The molecule has 3 aromatic carbocycles. The van der Waals surface area contributed by atoms with Gasteiger partial charge in [0.25, 0.3) is 0 Å². The summed E-state index contributed by atoms with van der Waals surface area (Å²) in [5.41, 5.74) is 0.116. The van der Waals surface area contributed by atoms with Crippen molar-refractivity contribution in [3.8, 4) is 11.5 Å².